The molecule has 0 aliphatic heterocycles. The molecule has 5 heteroatoms. The predicted octanol–water partition coefficient (Wildman–Crippen LogP) is 4.76. The Morgan fingerprint density at radius 1 is 0.862 bits per heavy atom. The second-order valence-corrected chi connectivity index (χ2v) is 6.54. The SMILES string of the molecule is Cc1ccccc1OCCC(=O)OCc1ccc(C(=O)Nc2ccccc2)cc1. The van der Waals surface area contributed by atoms with Gasteiger partial charge in [-0.25, -0.2) is 0 Å². The van der Waals surface area contributed by atoms with Crippen molar-refractivity contribution < 1.29 is 19.1 Å². The van der Waals surface area contributed by atoms with Crippen molar-refractivity contribution in [3.63, 3.8) is 0 Å². The van der Waals surface area contributed by atoms with Crippen LogP contribution in [0.1, 0.15) is 27.9 Å². The Kier molecular flexibility index (Phi) is 7.00. The number of aryl methyl sites for hydroxylation is 1. The minimum Gasteiger partial charge on any atom is -0.493 e. The van der Waals surface area contributed by atoms with E-state index < -0.39 is 0 Å². The van der Waals surface area contributed by atoms with Crippen LogP contribution in [0.15, 0.2) is 78.9 Å². The molecule has 0 aromatic heterocycles. The van der Waals surface area contributed by atoms with Crippen LogP contribution in [0, 0.1) is 6.92 Å². The molecule has 0 radical (unpaired) electrons. The molecule has 0 fully saturated rings. The monoisotopic (exact) mass is 389 g/mol. The number of carbonyl (C=O) groups excluding carboxylic acids is 2. The number of amides is 1. The molecule has 3 aromatic rings. The van der Waals surface area contributed by atoms with Crippen molar-refractivity contribution in [2.45, 2.75) is 20.0 Å². The Bertz CT molecular complexity index is 952. The molecular weight excluding hydrogens is 366 g/mol. The van der Waals surface area contributed by atoms with Crippen LogP contribution >= 0.6 is 0 Å². The third kappa shape index (κ3) is 6.21. The lowest BCUT2D eigenvalue weighted by Gasteiger charge is -2.09. The van der Waals surface area contributed by atoms with Crippen LogP contribution in [0.4, 0.5) is 5.69 Å². The van der Waals surface area contributed by atoms with E-state index in [1.54, 1.807) is 24.3 Å². The Balaban J connectivity index is 1.42. The standard InChI is InChI=1S/C24H23NO4/c1-18-7-5-6-10-22(18)28-16-15-23(26)29-17-19-11-13-20(14-12-19)24(27)25-21-8-3-2-4-9-21/h2-14H,15-17H2,1H3,(H,25,27). The number of hydrogen-bond donors (Lipinski definition) is 1. The summed E-state index contributed by atoms with van der Waals surface area (Å²) in [6.07, 6.45) is 0.173. The number of carbonyl (C=O) groups is 2. The third-order valence-corrected chi connectivity index (χ3v) is 4.30. The summed E-state index contributed by atoms with van der Waals surface area (Å²) in [5.74, 6) is 0.252. The largest absolute Gasteiger partial charge is 0.493 e. The summed E-state index contributed by atoms with van der Waals surface area (Å²) in [7, 11) is 0. The summed E-state index contributed by atoms with van der Waals surface area (Å²) in [6.45, 7) is 2.38. The molecule has 5 nitrogen and oxygen atoms in total. The van der Waals surface area contributed by atoms with E-state index >= 15 is 0 Å². The fourth-order valence-corrected chi connectivity index (χ4v) is 2.68. The molecule has 148 valence electrons. The first-order valence-electron chi connectivity index (χ1n) is 9.41. The Labute approximate surface area is 170 Å². The lowest BCUT2D eigenvalue weighted by Crippen LogP contribution is -2.12. The molecule has 0 saturated carbocycles. The molecule has 3 aromatic carbocycles. The molecule has 0 aliphatic carbocycles. The van der Waals surface area contributed by atoms with Crippen LogP contribution in [-0.2, 0) is 16.1 Å². The molecule has 3 rings (SSSR count). The van der Waals surface area contributed by atoms with Crippen molar-refractivity contribution in [3.05, 3.63) is 95.6 Å². The minimum atomic E-state index is -0.329. The van der Waals surface area contributed by atoms with Crippen LogP contribution in [0.5, 0.6) is 5.75 Å². The molecular formula is C24H23NO4. The summed E-state index contributed by atoms with van der Waals surface area (Å²) in [4.78, 5) is 24.1. The summed E-state index contributed by atoms with van der Waals surface area (Å²) < 4.78 is 10.9. The highest BCUT2D eigenvalue weighted by atomic mass is 16.5. The van der Waals surface area contributed by atoms with Crippen LogP contribution < -0.4 is 10.1 Å². The maximum Gasteiger partial charge on any atom is 0.309 e. The van der Waals surface area contributed by atoms with E-state index in [-0.39, 0.29) is 31.5 Å². The maximum absolute atomic E-state index is 12.2. The van der Waals surface area contributed by atoms with E-state index in [9.17, 15) is 9.59 Å². The van der Waals surface area contributed by atoms with Crippen molar-refractivity contribution in [3.8, 4) is 5.75 Å². The quantitative estimate of drug-likeness (QED) is 0.564. The van der Waals surface area contributed by atoms with Crippen molar-refractivity contribution >= 4 is 17.6 Å². The van der Waals surface area contributed by atoms with Crippen LogP contribution in [0.2, 0.25) is 0 Å². The average Bonchev–Trinajstić information content (AvgIpc) is 2.75. The maximum atomic E-state index is 12.2. The van der Waals surface area contributed by atoms with Crippen LogP contribution in [0.25, 0.3) is 0 Å². The van der Waals surface area contributed by atoms with Gasteiger partial charge in [-0.15, -0.1) is 0 Å². The van der Waals surface area contributed by atoms with Gasteiger partial charge in [0.15, 0.2) is 0 Å². The smallest absolute Gasteiger partial charge is 0.309 e. The molecule has 0 unspecified atom stereocenters. The van der Waals surface area contributed by atoms with Gasteiger partial charge < -0.3 is 14.8 Å². The highest BCUT2D eigenvalue weighted by Crippen LogP contribution is 2.16. The van der Waals surface area contributed by atoms with Gasteiger partial charge in [0.25, 0.3) is 5.91 Å². The first-order chi connectivity index (χ1) is 14.1. The molecule has 29 heavy (non-hydrogen) atoms. The number of nitrogens with one attached hydrogen (secondary N) is 1. The van der Waals surface area contributed by atoms with Gasteiger partial charge in [0, 0.05) is 11.3 Å². The summed E-state index contributed by atoms with van der Waals surface area (Å²) in [5.41, 5.74) is 3.12. The predicted molar refractivity (Wildman–Crippen MR) is 112 cm³/mol. The number of benzene rings is 3. The number of rotatable bonds is 8. The first-order valence-corrected chi connectivity index (χ1v) is 9.41. The number of esters is 1. The summed E-state index contributed by atoms with van der Waals surface area (Å²) in [5, 5.41) is 2.83. The number of anilines is 1. The fraction of sp³-hybridized carbons (Fsp3) is 0.167. The van der Waals surface area contributed by atoms with Crippen LogP contribution in [0.3, 0.4) is 0 Å². The van der Waals surface area contributed by atoms with E-state index in [0.717, 1.165) is 22.6 Å². The molecule has 0 aliphatic rings. The van der Waals surface area contributed by atoms with Gasteiger partial charge >= 0.3 is 5.97 Å². The third-order valence-electron chi connectivity index (χ3n) is 4.30. The Morgan fingerprint density at radius 3 is 2.28 bits per heavy atom. The van der Waals surface area contributed by atoms with Crippen molar-refractivity contribution in [2.24, 2.45) is 0 Å². The highest BCUT2D eigenvalue weighted by Gasteiger charge is 2.08. The first kappa shape index (κ1) is 20.1. The average molecular weight is 389 g/mol. The molecule has 0 bridgehead atoms. The zero-order chi connectivity index (χ0) is 20.5. The second-order valence-electron chi connectivity index (χ2n) is 6.54. The lowest BCUT2D eigenvalue weighted by atomic mass is 10.1. The minimum absolute atomic E-state index is 0.157. The van der Waals surface area contributed by atoms with Gasteiger partial charge in [-0.2, -0.15) is 0 Å². The Morgan fingerprint density at radius 2 is 1.55 bits per heavy atom. The molecule has 1 amide bonds. The topological polar surface area (TPSA) is 64.6 Å². The Hall–Kier alpha value is -3.60. The molecule has 0 saturated heterocycles. The zero-order valence-electron chi connectivity index (χ0n) is 16.3. The van der Waals surface area contributed by atoms with E-state index in [1.807, 2.05) is 61.5 Å². The van der Waals surface area contributed by atoms with Crippen molar-refractivity contribution in [1.82, 2.24) is 0 Å². The number of ether oxygens (including phenoxy) is 2. The van der Waals surface area contributed by atoms with Crippen molar-refractivity contribution in [1.29, 1.82) is 0 Å². The second kappa shape index (κ2) is 10.1. The van der Waals surface area contributed by atoms with Gasteiger partial charge in [-0.3, -0.25) is 9.59 Å². The van der Waals surface area contributed by atoms with Crippen molar-refractivity contribution in [2.75, 3.05) is 11.9 Å². The zero-order valence-corrected chi connectivity index (χ0v) is 16.3. The molecule has 0 atom stereocenters. The molecule has 1 N–H and O–H groups in total. The van der Waals surface area contributed by atoms with E-state index in [2.05, 4.69) is 5.32 Å². The normalized spacial score (nSPS) is 10.2. The summed E-state index contributed by atoms with van der Waals surface area (Å²) in [6, 6.07) is 23.9. The highest BCUT2D eigenvalue weighted by molar-refractivity contribution is 6.04. The van der Waals surface area contributed by atoms with Crippen LogP contribution in [-0.4, -0.2) is 18.5 Å². The number of para-hydroxylation sites is 2. The van der Waals surface area contributed by atoms with Gasteiger partial charge in [0.05, 0.1) is 13.0 Å². The van der Waals surface area contributed by atoms with E-state index in [4.69, 9.17) is 9.47 Å². The number of hydrogen-bond acceptors (Lipinski definition) is 4. The summed E-state index contributed by atoms with van der Waals surface area (Å²) >= 11 is 0. The van der Waals surface area contributed by atoms with E-state index in [1.165, 1.54) is 0 Å². The van der Waals surface area contributed by atoms with Gasteiger partial charge in [-0.1, -0.05) is 48.5 Å². The van der Waals surface area contributed by atoms with Gasteiger partial charge in [0.2, 0.25) is 0 Å². The lowest BCUT2D eigenvalue weighted by molar-refractivity contribution is -0.145. The van der Waals surface area contributed by atoms with Gasteiger partial charge in [0.1, 0.15) is 12.4 Å². The molecule has 0 spiro atoms. The molecule has 0 heterocycles. The van der Waals surface area contributed by atoms with Gasteiger partial charge in [-0.05, 0) is 48.4 Å². The van der Waals surface area contributed by atoms with E-state index in [0.29, 0.717) is 5.56 Å². The fourth-order valence-electron chi connectivity index (χ4n) is 2.68.